The monoisotopic (exact) mass is 312 g/mol. The first-order chi connectivity index (χ1) is 10.6. The van der Waals surface area contributed by atoms with Crippen LogP contribution in [-0.2, 0) is 0 Å². The van der Waals surface area contributed by atoms with Gasteiger partial charge in [-0.3, -0.25) is 9.20 Å². The van der Waals surface area contributed by atoms with E-state index >= 15 is 0 Å². The largest absolute Gasteiger partial charge is 0.489 e. The molecule has 0 aliphatic rings. The molecule has 0 saturated heterocycles. The first-order valence-electron chi connectivity index (χ1n) is 6.89. The fourth-order valence-corrected chi connectivity index (χ4v) is 3.13. The molecule has 0 spiro atoms. The highest BCUT2D eigenvalue weighted by Crippen LogP contribution is 2.28. The van der Waals surface area contributed by atoms with Crippen LogP contribution in [0.4, 0.5) is 0 Å². The number of aldehydes is 1. The van der Waals surface area contributed by atoms with Crippen LogP contribution in [0.1, 0.15) is 23.1 Å². The molecule has 5 heteroatoms. The summed E-state index contributed by atoms with van der Waals surface area (Å²) in [5.74, 6) is 0.775. The van der Waals surface area contributed by atoms with Crippen LogP contribution < -0.4 is 4.74 Å². The lowest BCUT2D eigenvalue weighted by molar-refractivity contribution is 0.111. The molecule has 0 N–H and O–H groups in total. The van der Waals surface area contributed by atoms with Gasteiger partial charge in [0.2, 0.25) is 0 Å². The topological polar surface area (TPSA) is 43.6 Å². The summed E-state index contributed by atoms with van der Waals surface area (Å²) in [6, 6.07) is 7.60. The van der Waals surface area contributed by atoms with E-state index in [9.17, 15) is 4.79 Å². The maximum atomic E-state index is 11.5. The zero-order chi connectivity index (χ0) is 15.7. The van der Waals surface area contributed by atoms with Gasteiger partial charge in [0.25, 0.3) is 0 Å². The predicted octanol–water partition coefficient (Wildman–Crippen LogP) is 4.14. The molecule has 0 aliphatic heterocycles. The number of ether oxygens (including phenoxy) is 1. The molecule has 3 rings (SSSR count). The van der Waals surface area contributed by atoms with Crippen LogP contribution in [-0.4, -0.2) is 22.3 Å². The smallest absolute Gasteiger partial charge is 0.195 e. The Bertz CT molecular complexity index is 844. The number of fused-ring (bicyclic) bond motifs is 1. The molecule has 3 aromatic rings. The molecule has 4 nitrogen and oxygen atoms in total. The van der Waals surface area contributed by atoms with Gasteiger partial charge in [0.05, 0.1) is 0 Å². The second-order valence-electron chi connectivity index (χ2n) is 5.23. The third-order valence-corrected chi connectivity index (χ3v) is 4.24. The number of benzene rings is 1. The minimum Gasteiger partial charge on any atom is -0.489 e. The van der Waals surface area contributed by atoms with Crippen LogP contribution in [0.3, 0.4) is 0 Å². The van der Waals surface area contributed by atoms with Crippen molar-refractivity contribution in [3.05, 3.63) is 53.2 Å². The maximum Gasteiger partial charge on any atom is 0.195 e. The number of aryl methyl sites for hydroxylation is 1. The molecule has 2 aromatic heterocycles. The van der Waals surface area contributed by atoms with Gasteiger partial charge in [-0.2, -0.15) is 0 Å². The van der Waals surface area contributed by atoms with Crippen molar-refractivity contribution < 1.29 is 9.53 Å². The van der Waals surface area contributed by atoms with E-state index < -0.39 is 0 Å². The Labute approximate surface area is 132 Å². The van der Waals surface area contributed by atoms with Crippen molar-refractivity contribution in [2.75, 3.05) is 6.61 Å². The maximum absolute atomic E-state index is 11.5. The van der Waals surface area contributed by atoms with Gasteiger partial charge >= 0.3 is 0 Å². The fraction of sp³-hybridized carbons (Fsp3) is 0.176. The average molecular weight is 312 g/mol. The molecule has 22 heavy (non-hydrogen) atoms. The SMILES string of the molecule is C=C(C)COc1ccc(-c2nc3scc(C)n3c2C=O)cc1. The van der Waals surface area contributed by atoms with E-state index in [0.717, 1.165) is 33.8 Å². The molecular formula is C17H16N2O2S. The summed E-state index contributed by atoms with van der Waals surface area (Å²) in [4.78, 5) is 16.9. The van der Waals surface area contributed by atoms with Crippen molar-refractivity contribution in [3.8, 4) is 17.0 Å². The van der Waals surface area contributed by atoms with Crippen molar-refractivity contribution in [2.24, 2.45) is 0 Å². The Morgan fingerprint density at radius 2 is 2.14 bits per heavy atom. The number of carbonyl (C=O) groups excluding carboxylic acids is 1. The minimum absolute atomic E-state index is 0.498. The van der Waals surface area contributed by atoms with Gasteiger partial charge in [0, 0.05) is 16.6 Å². The Morgan fingerprint density at radius 3 is 2.77 bits per heavy atom. The van der Waals surface area contributed by atoms with Crippen LogP contribution in [0.5, 0.6) is 5.75 Å². The Morgan fingerprint density at radius 1 is 1.41 bits per heavy atom. The van der Waals surface area contributed by atoms with E-state index in [1.54, 1.807) is 0 Å². The lowest BCUT2D eigenvalue weighted by Gasteiger charge is -2.06. The second kappa shape index (κ2) is 5.77. The number of rotatable bonds is 5. The first-order valence-corrected chi connectivity index (χ1v) is 7.77. The lowest BCUT2D eigenvalue weighted by Crippen LogP contribution is -1.97. The Kier molecular flexibility index (Phi) is 3.81. The average Bonchev–Trinajstić information content (AvgIpc) is 3.05. The fourth-order valence-electron chi connectivity index (χ4n) is 2.26. The van der Waals surface area contributed by atoms with Gasteiger partial charge in [-0.15, -0.1) is 11.3 Å². The second-order valence-corrected chi connectivity index (χ2v) is 6.07. The molecule has 0 unspecified atom stereocenters. The van der Waals surface area contributed by atoms with E-state index in [2.05, 4.69) is 11.6 Å². The highest BCUT2D eigenvalue weighted by Gasteiger charge is 2.16. The zero-order valence-electron chi connectivity index (χ0n) is 12.5. The summed E-state index contributed by atoms with van der Waals surface area (Å²) in [7, 11) is 0. The summed E-state index contributed by atoms with van der Waals surface area (Å²) < 4.78 is 7.47. The van der Waals surface area contributed by atoms with Gasteiger partial charge in [0.15, 0.2) is 11.2 Å². The molecule has 112 valence electrons. The first kappa shape index (κ1) is 14.5. The van der Waals surface area contributed by atoms with Gasteiger partial charge in [-0.25, -0.2) is 4.98 Å². The Balaban J connectivity index is 1.97. The summed E-state index contributed by atoms with van der Waals surface area (Å²) >= 11 is 1.53. The number of thiazole rings is 1. The van der Waals surface area contributed by atoms with E-state index in [1.165, 1.54) is 11.3 Å². The van der Waals surface area contributed by atoms with Crippen molar-refractivity contribution in [2.45, 2.75) is 13.8 Å². The summed E-state index contributed by atoms with van der Waals surface area (Å²) in [6.07, 6.45) is 0.862. The van der Waals surface area contributed by atoms with E-state index in [-0.39, 0.29) is 0 Å². The molecule has 0 atom stereocenters. The van der Waals surface area contributed by atoms with E-state index in [4.69, 9.17) is 4.74 Å². The predicted molar refractivity (Wildman–Crippen MR) is 88.9 cm³/mol. The third kappa shape index (κ3) is 2.55. The van der Waals surface area contributed by atoms with Crippen LogP contribution in [0, 0.1) is 6.92 Å². The van der Waals surface area contributed by atoms with Gasteiger partial charge in [0.1, 0.15) is 23.7 Å². The minimum atomic E-state index is 0.498. The standard InChI is InChI=1S/C17H16N2O2S/c1-11(2)9-21-14-6-4-13(5-7-14)16-15(8-20)19-12(3)10-22-17(19)18-16/h4-8,10H,1,9H2,2-3H3. The molecule has 0 aliphatic carbocycles. The number of aromatic nitrogens is 2. The van der Waals surface area contributed by atoms with Gasteiger partial charge < -0.3 is 4.74 Å². The molecule has 0 saturated carbocycles. The third-order valence-electron chi connectivity index (χ3n) is 3.29. The zero-order valence-corrected chi connectivity index (χ0v) is 13.3. The van der Waals surface area contributed by atoms with Crippen molar-refractivity contribution in [1.82, 2.24) is 9.38 Å². The number of nitrogens with zero attached hydrogens (tertiary/aromatic N) is 2. The van der Waals surface area contributed by atoms with E-state index in [0.29, 0.717) is 18.0 Å². The summed E-state index contributed by atoms with van der Waals surface area (Å²) in [6.45, 7) is 8.20. The highest BCUT2D eigenvalue weighted by molar-refractivity contribution is 7.15. The number of carbonyl (C=O) groups is 1. The molecule has 0 radical (unpaired) electrons. The van der Waals surface area contributed by atoms with Gasteiger partial charge in [-0.1, -0.05) is 6.58 Å². The molecule has 1 aromatic carbocycles. The molecule has 0 fully saturated rings. The van der Waals surface area contributed by atoms with Crippen molar-refractivity contribution in [3.63, 3.8) is 0 Å². The lowest BCUT2D eigenvalue weighted by atomic mass is 10.1. The van der Waals surface area contributed by atoms with Crippen molar-refractivity contribution >= 4 is 22.6 Å². The van der Waals surface area contributed by atoms with Gasteiger partial charge in [-0.05, 0) is 43.7 Å². The molecular weight excluding hydrogens is 296 g/mol. The van der Waals surface area contributed by atoms with Crippen LogP contribution >= 0.6 is 11.3 Å². The quantitative estimate of drug-likeness (QED) is 0.525. The van der Waals surface area contributed by atoms with Crippen LogP contribution in [0.2, 0.25) is 0 Å². The normalized spacial score (nSPS) is 10.8. The molecule has 0 amide bonds. The van der Waals surface area contributed by atoms with Crippen molar-refractivity contribution in [1.29, 1.82) is 0 Å². The number of hydrogen-bond donors (Lipinski definition) is 0. The van der Waals surface area contributed by atoms with E-state index in [1.807, 2.05) is 47.9 Å². The Hall–Kier alpha value is -2.40. The summed E-state index contributed by atoms with van der Waals surface area (Å²) in [5, 5.41) is 1.99. The highest BCUT2D eigenvalue weighted by atomic mass is 32.1. The van der Waals surface area contributed by atoms with Crippen LogP contribution in [0.25, 0.3) is 16.2 Å². The van der Waals surface area contributed by atoms with Crippen LogP contribution in [0.15, 0.2) is 41.8 Å². The number of imidazole rings is 1. The summed E-state index contributed by atoms with van der Waals surface area (Å²) in [5.41, 5.74) is 4.18. The molecule has 0 bridgehead atoms. The number of hydrogen-bond acceptors (Lipinski definition) is 4. The molecule has 2 heterocycles.